The van der Waals surface area contributed by atoms with Crippen molar-refractivity contribution in [2.45, 2.75) is 19.3 Å². The number of carbonyl (C=O) groups is 1. The van der Waals surface area contributed by atoms with Crippen LogP contribution in [0.25, 0.3) is 0 Å². The summed E-state index contributed by atoms with van der Waals surface area (Å²) in [5, 5.41) is 0. The van der Waals surface area contributed by atoms with E-state index in [2.05, 4.69) is 27.2 Å². The number of halogens is 1. The SMILES string of the molecule is COC(=O)C1=C(C2CCC2)[SH](C)C(Br)=N1. The molecule has 0 aromatic carbocycles. The summed E-state index contributed by atoms with van der Waals surface area (Å²) in [6.07, 6.45) is 5.80. The van der Waals surface area contributed by atoms with Gasteiger partial charge in [0.25, 0.3) is 0 Å². The molecule has 1 atom stereocenters. The molecule has 0 saturated heterocycles. The van der Waals surface area contributed by atoms with Gasteiger partial charge in [-0.05, 0) is 40.9 Å². The number of ether oxygens (including phenoxy) is 1. The minimum absolute atomic E-state index is 0.291. The third-order valence-electron chi connectivity index (χ3n) is 2.96. The van der Waals surface area contributed by atoms with Gasteiger partial charge in [0.05, 0.1) is 7.11 Å². The maximum Gasteiger partial charge on any atom is 0.357 e. The van der Waals surface area contributed by atoms with Gasteiger partial charge in [0.15, 0.2) is 5.70 Å². The first-order chi connectivity index (χ1) is 7.15. The Morgan fingerprint density at radius 2 is 2.27 bits per heavy atom. The van der Waals surface area contributed by atoms with Crippen LogP contribution in [-0.4, -0.2) is 23.3 Å². The topological polar surface area (TPSA) is 38.7 Å². The zero-order valence-corrected chi connectivity index (χ0v) is 11.3. The molecular weight excluding hydrogens is 278 g/mol. The van der Waals surface area contributed by atoms with E-state index in [9.17, 15) is 4.79 Å². The maximum absolute atomic E-state index is 11.6. The number of nitrogens with zero attached hydrogens (tertiary/aromatic N) is 1. The van der Waals surface area contributed by atoms with E-state index in [4.69, 9.17) is 4.74 Å². The Balaban J connectivity index is 2.32. The second-order valence-corrected chi connectivity index (χ2v) is 7.18. The fourth-order valence-electron chi connectivity index (χ4n) is 1.88. The highest BCUT2D eigenvalue weighted by Crippen LogP contribution is 2.52. The highest BCUT2D eigenvalue weighted by molar-refractivity contribution is 9.22. The molecule has 0 radical (unpaired) electrons. The quantitative estimate of drug-likeness (QED) is 0.627. The number of allylic oxidation sites excluding steroid dienone is 1. The van der Waals surface area contributed by atoms with Gasteiger partial charge in [-0.2, -0.15) is 10.9 Å². The van der Waals surface area contributed by atoms with Gasteiger partial charge >= 0.3 is 5.97 Å². The monoisotopic (exact) mass is 291 g/mol. The van der Waals surface area contributed by atoms with Crippen molar-refractivity contribution >= 4 is 36.7 Å². The lowest BCUT2D eigenvalue weighted by atomic mass is 9.84. The van der Waals surface area contributed by atoms with Crippen LogP contribution in [-0.2, 0) is 9.53 Å². The molecule has 1 aliphatic heterocycles. The number of aliphatic imine (C=N–C) groups is 1. The van der Waals surface area contributed by atoms with E-state index in [1.54, 1.807) is 0 Å². The molecule has 15 heavy (non-hydrogen) atoms. The van der Waals surface area contributed by atoms with Crippen molar-refractivity contribution < 1.29 is 9.53 Å². The number of hydrogen-bond acceptors (Lipinski definition) is 3. The van der Waals surface area contributed by atoms with Gasteiger partial charge in [0, 0.05) is 4.91 Å². The van der Waals surface area contributed by atoms with E-state index >= 15 is 0 Å². The standard InChI is InChI=1S/C10H14BrNO2S/c1-14-9(13)7-8(6-4-3-5-6)15(2)10(11)12-7/h6,15H,3-5H2,1-2H3. The molecule has 1 fully saturated rings. The van der Waals surface area contributed by atoms with Crippen molar-refractivity contribution in [3.8, 4) is 0 Å². The predicted molar refractivity (Wildman–Crippen MR) is 67.7 cm³/mol. The van der Waals surface area contributed by atoms with Gasteiger partial charge < -0.3 is 4.74 Å². The smallest absolute Gasteiger partial charge is 0.357 e. The summed E-state index contributed by atoms with van der Waals surface area (Å²) in [6.45, 7) is 0. The summed E-state index contributed by atoms with van der Waals surface area (Å²) in [7, 11) is 0.994. The molecule has 0 bridgehead atoms. The van der Waals surface area contributed by atoms with Crippen LogP contribution in [0.5, 0.6) is 0 Å². The zero-order chi connectivity index (χ0) is 11.0. The van der Waals surface area contributed by atoms with Crippen LogP contribution in [0.2, 0.25) is 0 Å². The Morgan fingerprint density at radius 3 is 2.73 bits per heavy atom. The van der Waals surface area contributed by atoms with Crippen molar-refractivity contribution in [2.24, 2.45) is 10.9 Å². The van der Waals surface area contributed by atoms with Gasteiger partial charge in [-0.1, -0.05) is 6.42 Å². The summed E-state index contributed by atoms with van der Waals surface area (Å²) < 4.78 is 5.68. The first-order valence-electron chi connectivity index (χ1n) is 4.95. The number of methoxy groups -OCH3 is 1. The Kier molecular flexibility index (Phi) is 3.21. The van der Waals surface area contributed by atoms with E-state index in [0.29, 0.717) is 11.6 Å². The summed E-state index contributed by atoms with van der Waals surface area (Å²) in [6, 6.07) is 0. The van der Waals surface area contributed by atoms with Crippen LogP contribution in [0, 0.1) is 5.92 Å². The number of rotatable bonds is 2. The van der Waals surface area contributed by atoms with E-state index < -0.39 is 10.9 Å². The van der Waals surface area contributed by atoms with Crippen LogP contribution in [0.3, 0.4) is 0 Å². The number of carbonyl (C=O) groups excluding carboxylic acids is 1. The van der Waals surface area contributed by atoms with E-state index in [-0.39, 0.29) is 5.97 Å². The van der Waals surface area contributed by atoms with Crippen molar-refractivity contribution in [3.05, 3.63) is 10.6 Å². The van der Waals surface area contributed by atoms with E-state index in [1.807, 2.05) is 0 Å². The molecule has 2 rings (SSSR count). The third kappa shape index (κ3) is 1.87. The Morgan fingerprint density at radius 1 is 1.60 bits per heavy atom. The molecule has 1 unspecified atom stereocenters. The molecule has 2 aliphatic rings. The van der Waals surface area contributed by atoms with Crippen molar-refractivity contribution in [2.75, 3.05) is 13.4 Å². The minimum Gasteiger partial charge on any atom is -0.464 e. The number of hydrogen-bond donors (Lipinski definition) is 1. The van der Waals surface area contributed by atoms with Crippen LogP contribution >= 0.6 is 26.8 Å². The molecule has 84 valence electrons. The van der Waals surface area contributed by atoms with Gasteiger partial charge in [-0.15, -0.1) is 0 Å². The van der Waals surface area contributed by atoms with Crippen molar-refractivity contribution in [1.29, 1.82) is 0 Å². The molecule has 0 aromatic rings. The van der Waals surface area contributed by atoms with Crippen LogP contribution in [0.4, 0.5) is 0 Å². The highest BCUT2D eigenvalue weighted by atomic mass is 79.9. The third-order valence-corrected chi connectivity index (χ3v) is 6.68. The second-order valence-electron chi connectivity index (χ2n) is 3.79. The fraction of sp³-hybridized carbons (Fsp3) is 0.600. The lowest BCUT2D eigenvalue weighted by Gasteiger charge is -2.30. The first kappa shape index (κ1) is 11.2. The maximum atomic E-state index is 11.6. The Bertz CT molecular complexity index is 360. The molecular formula is C10H14BrNO2S. The summed E-state index contributed by atoms with van der Waals surface area (Å²) in [5.74, 6) is 0.273. The van der Waals surface area contributed by atoms with Gasteiger partial charge in [-0.25, -0.2) is 9.79 Å². The molecule has 3 nitrogen and oxygen atoms in total. The lowest BCUT2D eigenvalue weighted by Crippen LogP contribution is -2.16. The zero-order valence-electron chi connectivity index (χ0n) is 8.79. The molecule has 1 heterocycles. The summed E-state index contributed by atoms with van der Waals surface area (Å²) in [4.78, 5) is 17.1. The lowest BCUT2D eigenvalue weighted by molar-refractivity contribution is -0.136. The van der Waals surface area contributed by atoms with Gasteiger partial charge in [0.2, 0.25) is 0 Å². The molecule has 0 amide bonds. The molecule has 0 spiro atoms. The Labute approximate surface area is 100 Å². The first-order valence-corrected chi connectivity index (χ1v) is 7.53. The average molecular weight is 292 g/mol. The van der Waals surface area contributed by atoms with Gasteiger partial charge in [0.1, 0.15) is 3.95 Å². The molecule has 1 aliphatic carbocycles. The largest absolute Gasteiger partial charge is 0.464 e. The predicted octanol–water partition coefficient (Wildman–Crippen LogP) is 2.57. The van der Waals surface area contributed by atoms with Crippen LogP contribution in [0.1, 0.15) is 19.3 Å². The minimum atomic E-state index is -0.416. The molecule has 0 N–H and O–H groups in total. The Hall–Kier alpha value is -0.290. The van der Waals surface area contributed by atoms with E-state index in [1.165, 1.54) is 31.3 Å². The number of esters is 1. The molecule has 5 heteroatoms. The summed E-state index contributed by atoms with van der Waals surface area (Å²) in [5.41, 5.74) is 0.558. The van der Waals surface area contributed by atoms with Gasteiger partial charge in [-0.3, -0.25) is 0 Å². The second kappa shape index (κ2) is 4.29. The molecule has 0 aromatic heterocycles. The number of thiol groups is 1. The van der Waals surface area contributed by atoms with Crippen LogP contribution in [0.15, 0.2) is 15.6 Å². The van der Waals surface area contributed by atoms with Crippen LogP contribution < -0.4 is 0 Å². The average Bonchev–Trinajstić information content (AvgIpc) is 2.43. The fourth-order valence-corrected chi connectivity index (χ4v) is 4.34. The highest BCUT2D eigenvalue weighted by Gasteiger charge is 2.34. The van der Waals surface area contributed by atoms with Crippen molar-refractivity contribution in [3.63, 3.8) is 0 Å². The molecule has 1 saturated carbocycles. The summed E-state index contributed by atoms with van der Waals surface area (Å²) >= 11 is 3.43. The van der Waals surface area contributed by atoms with Crippen molar-refractivity contribution in [1.82, 2.24) is 0 Å². The van der Waals surface area contributed by atoms with E-state index in [0.717, 1.165) is 3.95 Å². The normalized spacial score (nSPS) is 28.7.